The average Bonchev–Trinajstić information content (AvgIpc) is 3.51. The summed E-state index contributed by atoms with van der Waals surface area (Å²) in [4.78, 5) is 10.2. The second-order valence-corrected chi connectivity index (χ2v) is 8.84. The quantitative estimate of drug-likeness (QED) is 0.422. The van der Waals surface area contributed by atoms with Crippen LogP contribution in [0.3, 0.4) is 0 Å². The fourth-order valence-electron chi connectivity index (χ4n) is 3.85. The molecule has 2 aromatic carbocycles. The van der Waals surface area contributed by atoms with Crippen LogP contribution in [0.2, 0.25) is 0 Å². The second kappa shape index (κ2) is 7.96. The number of aliphatic hydroxyl groups is 2. The van der Waals surface area contributed by atoms with Gasteiger partial charge < -0.3 is 10.2 Å². The van der Waals surface area contributed by atoms with Crippen LogP contribution >= 0.6 is 11.3 Å². The molecule has 1 aliphatic carbocycles. The molecule has 4 aromatic rings. The number of allylic oxidation sites excluding steroid dienone is 2. The Balaban J connectivity index is 1.46. The van der Waals surface area contributed by atoms with Crippen molar-refractivity contribution >= 4 is 21.7 Å². The van der Waals surface area contributed by atoms with Gasteiger partial charge in [0, 0.05) is 24.7 Å². The molecule has 156 valence electrons. The lowest BCUT2D eigenvalue weighted by Crippen LogP contribution is -2.14. The maximum absolute atomic E-state index is 14.8. The maximum atomic E-state index is 14.8. The van der Waals surface area contributed by atoms with Gasteiger partial charge in [-0.2, -0.15) is 0 Å². The molecule has 2 N–H and O–H groups in total. The molecule has 0 bridgehead atoms. The summed E-state index contributed by atoms with van der Waals surface area (Å²) in [6, 6.07) is 19.2. The van der Waals surface area contributed by atoms with Gasteiger partial charge in [0.05, 0.1) is 11.1 Å². The van der Waals surface area contributed by atoms with Crippen molar-refractivity contribution in [1.29, 1.82) is 0 Å². The molecule has 0 spiro atoms. The number of thiazole rings is 1. The van der Waals surface area contributed by atoms with Crippen LogP contribution in [0.5, 0.6) is 0 Å². The van der Waals surface area contributed by atoms with E-state index >= 15 is 0 Å². The van der Waals surface area contributed by atoms with Gasteiger partial charge in [-0.15, -0.1) is 0 Å². The summed E-state index contributed by atoms with van der Waals surface area (Å²) in [5.74, 6) is -0.653. The first kappa shape index (κ1) is 20.0. The molecule has 0 aliphatic heterocycles. The van der Waals surface area contributed by atoms with Gasteiger partial charge in [-0.3, -0.25) is 0 Å². The van der Waals surface area contributed by atoms with Crippen molar-refractivity contribution in [2.75, 3.05) is 13.2 Å². The van der Waals surface area contributed by atoms with Crippen LogP contribution in [0.15, 0.2) is 72.8 Å². The number of pyridine rings is 1. The summed E-state index contributed by atoms with van der Waals surface area (Å²) in [6.45, 7) is -0.268. The molecule has 5 rings (SSSR count). The van der Waals surface area contributed by atoms with Crippen LogP contribution in [0.4, 0.5) is 4.39 Å². The Morgan fingerprint density at radius 2 is 1.71 bits per heavy atom. The Morgan fingerprint density at radius 1 is 0.935 bits per heavy atom. The Hall–Kier alpha value is -2.93. The monoisotopic (exact) mass is 432 g/mol. The molecule has 0 saturated heterocycles. The van der Waals surface area contributed by atoms with Gasteiger partial charge in [0.2, 0.25) is 0 Å². The molecule has 0 saturated carbocycles. The van der Waals surface area contributed by atoms with E-state index in [0.717, 1.165) is 21.6 Å². The van der Waals surface area contributed by atoms with Crippen molar-refractivity contribution in [3.05, 3.63) is 95.5 Å². The van der Waals surface area contributed by atoms with Crippen LogP contribution in [0.1, 0.15) is 16.8 Å². The Kier molecular flexibility index (Phi) is 5.14. The van der Waals surface area contributed by atoms with Gasteiger partial charge in [-0.25, -0.2) is 14.4 Å². The van der Waals surface area contributed by atoms with E-state index < -0.39 is 0 Å². The van der Waals surface area contributed by atoms with E-state index in [0.29, 0.717) is 17.0 Å². The lowest BCUT2D eigenvalue weighted by Gasteiger charge is -2.15. The van der Waals surface area contributed by atoms with Crippen molar-refractivity contribution in [3.8, 4) is 10.6 Å². The molecule has 0 unspecified atom stereocenters. The highest BCUT2D eigenvalue weighted by atomic mass is 32.1. The van der Waals surface area contributed by atoms with E-state index in [-0.39, 0.29) is 30.4 Å². The third-order valence-corrected chi connectivity index (χ3v) is 6.73. The zero-order valence-electron chi connectivity index (χ0n) is 16.7. The molecule has 31 heavy (non-hydrogen) atoms. The molecule has 2 heterocycles. The lowest BCUT2D eigenvalue weighted by atomic mass is 9.89. The summed E-state index contributed by atoms with van der Waals surface area (Å²) in [5, 5.41) is 19.1. The van der Waals surface area contributed by atoms with Gasteiger partial charge in [-0.05, 0) is 41.8 Å². The van der Waals surface area contributed by atoms with Gasteiger partial charge in [-0.1, -0.05) is 59.9 Å². The number of aliphatic hydroxyl groups excluding tert-OH is 2. The Bertz CT molecular complexity index is 1260. The van der Waals surface area contributed by atoms with Gasteiger partial charge in [0.15, 0.2) is 0 Å². The van der Waals surface area contributed by atoms with Gasteiger partial charge in [0.25, 0.3) is 0 Å². The van der Waals surface area contributed by atoms with Crippen molar-refractivity contribution in [1.82, 2.24) is 9.97 Å². The third kappa shape index (κ3) is 3.67. The minimum atomic E-state index is -0.365. The fraction of sp³-hybridized carbons (Fsp3) is 0.200. The summed E-state index contributed by atoms with van der Waals surface area (Å²) >= 11 is 1.38. The van der Waals surface area contributed by atoms with Crippen molar-refractivity contribution in [2.45, 2.75) is 11.8 Å². The van der Waals surface area contributed by atoms with Gasteiger partial charge in [0.1, 0.15) is 21.2 Å². The van der Waals surface area contributed by atoms with E-state index in [4.69, 9.17) is 4.98 Å². The number of fused-ring (bicyclic) bond motifs is 1. The molecular formula is C25H21FN2O2S. The van der Waals surface area contributed by atoms with Crippen molar-refractivity contribution in [2.24, 2.45) is 5.92 Å². The van der Waals surface area contributed by atoms with E-state index in [1.807, 2.05) is 36.4 Å². The number of hydrogen-bond acceptors (Lipinski definition) is 5. The number of hydrogen-bond donors (Lipinski definition) is 2. The van der Waals surface area contributed by atoms with E-state index in [1.54, 1.807) is 6.07 Å². The highest BCUT2D eigenvalue weighted by Crippen LogP contribution is 2.45. The molecule has 2 aromatic heterocycles. The molecule has 0 atom stereocenters. The van der Waals surface area contributed by atoms with E-state index in [2.05, 4.69) is 29.3 Å². The highest BCUT2D eigenvalue weighted by Gasteiger charge is 2.39. The van der Waals surface area contributed by atoms with Crippen molar-refractivity contribution in [3.63, 3.8) is 0 Å². The van der Waals surface area contributed by atoms with Gasteiger partial charge >= 0.3 is 0 Å². The van der Waals surface area contributed by atoms with E-state index in [1.165, 1.54) is 23.0 Å². The first-order chi connectivity index (χ1) is 15.1. The number of rotatable bonds is 7. The number of halogens is 1. The summed E-state index contributed by atoms with van der Waals surface area (Å²) < 4.78 is 14.8. The predicted octanol–water partition coefficient (Wildman–Crippen LogP) is 4.50. The van der Waals surface area contributed by atoms with Crippen LogP contribution in [-0.2, 0) is 11.8 Å². The summed E-state index contributed by atoms with van der Waals surface area (Å²) in [7, 11) is 0. The number of aromatic nitrogens is 2. The molecular weight excluding hydrogens is 411 g/mol. The van der Waals surface area contributed by atoms with Crippen LogP contribution in [0.25, 0.3) is 20.9 Å². The Labute approximate surface area is 183 Å². The predicted molar refractivity (Wildman–Crippen MR) is 121 cm³/mol. The molecule has 0 amide bonds. The molecule has 0 radical (unpaired) electrons. The average molecular weight is 433 g/mol. The molecule has 1 aliphatic rings. The van der Waals surface area contributed by atoms with E-state index in [9.17, 15) is 14.6 Å². The standard InChI is InChI=1S/C25H21FN2O2S/c26-20-13-16(12-17(14-29)15-30)6-7-19(20)23-27-21-8-9-22(28-24(21)31-23)25(10-11-25)18-4-2-1-3-5-18/h1-11,13,17,29-30H,12,14-15H2. The Morgan fingerprint density at radius 3 is 2.39 bits per heavy atom. The lowest BCUT2D eigenvalue weighted by molar-refractivity contribution is 0.150. The normalized spacial score (nSPS) is 14.5. The first-order valence-electron chi connectivity index (χ1n) is 10.2. The zero-order valence-corrected chi connectivity index (χ0v) is 17.5. The minimum absolute atomic E-state index is 0.134. The first-order valence-corrected chi connectivity index (χ1v) is 11.0. The fourth-order valence-corrected chi connectivity index (χ4v) is 4.82. The topological polar surface area (TPSA) is 66.2 Å². The highest BCUT2D eigenvalue weighted by molar-refractivity contribution is 7.21. The number of benzene rings is 2. The minimum Gasteiger partial charge on any atom is -0.396 e. The van der Waals surface area contributed by atoms with Crippen LogP contribution < -0.4 is 0 Å². The summed E-state index contributed by atoms with van der Waals surface area (Å²) in [5.41, 5.74) is 3.77. The van der Waals surface area contributed by atoms with Crippen LogP contribution in [-0.4, -0.2) is 33.4 Å². The molecule has 0 fully saturated rings. The summed E-state index contributed by atoms with van der Waals surface area (Å²) in [6.07, 6.45) is 4.70. The zero-order chi connectivity index (χ0) is 21.4. The smallest absolute Gasteiger partial charge is 0.144 e. The third-order valence-electron chi connectivity index (χ3n) is 5.74. The molecule has 4 nitrogen and oxygen atoms in total. The van der Waals surface area contributed by atoms with Crippen LogP contribution in [0, 0.1) is 11.7 Å². The number of nitrogens with zero attached hydrogens (tertiary/aromatic N) is 2. The largest absolute Gasteiger partial charge is 0.396 e. The SMILES string of the molecule is OCC(CO)Cc1ccc(-c2nc3ccc(C4(c5ccccc5)C=C4)nc3s2)c(F)c1. The molecule has 6 heteroatoms. The maximum Gasteiger partial charge on any atom is 0.144 e. The van der Waals surface area contributed by atoms with Crippen molar-refractivity contribution < 1.29 is 14.6 Å². The second-order valence-electron chi connectivity index (χ2n) is 7.86.